The Kier molecular flexibility index (Phi) is 10.5. The summed E-state index contributed by atoms with van der Waals surface area (Å²) in [5.74, 6) is 1.84. The van der Waals surface area contributed by atoms with Gasteiger partial charge >= 0.3 is 6.03 Å². The highest BCUT2D eigenvalue weighted by molar-refractivity contribution is 6.74. The van der Waals surface area contributed by atoms with Gasteiger partial charge in [-0.05, 0) is 80.2 Å². The van der Waals surface area contributed by atoms with Gasteiger partial charge in [0, 0.05) is 5.56 Å². The van der Waals surface area contributed by atoms with Crippen LogP contribution in [0.25, 0.3) is 16.9 Å². The SMILES string of the molecule is COc1ccc(-n2nc(C(C)C)cc2-c2ccc(OCCNC(N)=O)cc2)cc1.C[Si](C)(C)N=C=O. The van der Waals surface area contributed by atoms with Gasteiger partial charge in [-0.25, -0.2) is 18.9 Å². The van der Waals surface area contributed by atoms with Crippen molar-refractivity contribution in [3.8, 4) is 28.4 Å². The van der Waals surface area contributed by atoms with Crippen LogP contribution < -0.4 is 20.5 Å². The first-order valence-corrected chi connectivity index (χ1v) is 15.1. The van der Waals surface area contributed by atoms with E-state index in [1.807, 2.05) is 72.9 Å². The van der Waals surface area contributed by atoms with Gasteiger partial charge in [0.15, 0.2) is 8.24 Å². The molecule has 0 unspecified atom stereocenters. The number of amides is 2. The summed E-state index contributed by atoms with van der Waals surface area (Å²) in [7, 11) is 0.196. The highest BCUT2D eigenvalue weighted by Crippen LogP contribution is 2.29. The predicted octanol–water partition coefficient (Wildman–Crippen LogP) is 4.88. The molecular formula is C26H35N5O4Si. The van der Waals surface area contributed by atoms with Crippen LogP contribution in [0.4, 0.5) is 4.79 Å². The zero-order valence-electron chi connectivity index (χ0n) is 21.7. The monoisotopic (exact) mass is 509 g/mol. The molecule has 1 heterocycles. The molecule has 1 aromatic heterocycles. The first kappa shape index (κ1) is 28.4. The van der Waals surface area contributed by atoms with Crippen molar-refractivity contribution in [3.05, 3.63) is 60.3 Å². The molecule has 10 heteroatoms. The summed E-state index contributed by atoms with van der Waals surface area (Å²) in [6, 6.07) is 17.2. The van der Waals surface area contributed by atoms with Crippen LogP contribution in [0.3, 0.4) is 0 Å². The lowest BCUT2D eigenvalue weighted by atomic mass is 10.1. The number of carbonyl (C=O) groups excluding carboxylic acids is 2. The van der Waals surface area contributed by atoms with Crippen molar-refractivity contribution in [1.29, 1.82) is 0 Å². The average molecular weight is 510 g/mol. The number of benzene rings is 2. The van der Waals surface area contributed by atoms with Crippen molar-refractivity contribution in [1.82, 2.24) is 15.1 Å². The summed E-state index contributed by atoms with van der Waals surface area (Å²) in [4.78, 5) is 20.3. The van der Waals surface area contributed by atoms with E-state index in [0.29, 0.717) is 19.1 Å². The third-order valence-electron chi connectivity index (χ3n) is 4.84. The van der Waals surface area contributed by atoms with E-state index in [4.69, 9.17) is 20.3 Å². The van der Waals surface area contributed by atoms with Gasteiger partial charge in [-0.15, -0.1) is 0 Å². The standard InChI is InChI=1S/C22H26N4O3.C4H9NOSi/c1-15(2)20-14-21(26(25-20)17-6-10-18(28-3)11-7-17)16-4-8-19(9-5-16)29-13-12-24-22(23)27;1-7(2,3)5-4-6/h4-11,14-15H,12-13H2,1-3H3,(H3,23,24,27);1-3H3. The molecule has 0 aliphatic rings. The number of rotatable bonds is 9. The van der Waals surface area contributed by atoms with E-state index in [1.54, 1.807) is 13.2 Å². The molecule has 0 saturated carbocycles. The third-order valence-corrected chi connectivity index (χ3v) is 5.60. The Morgan fingerprint density at radius 1 is 1.11 bits per heavy atom. The number of nitrogens with two attached hydrogens (primary N) is 1. The number of methoxy groups -OCH3 is 1. The van der Waals surface area contributed by atoms with Crippen molar-refractivity contribution in [3.63, 3.8) is 0 Å². The molecule has 36 heavy (non-hydrogen) atoms. The number of hydrogen-bond donors (Lipinski definition) is 2. The molecule has 0 radical (unpaired) electrons. The van der Waals surface area contributed by atoms with Crippen molar-refractivity contribution in [2.45, 2.75) is 39.4 Å². The normalized spacial score (nSPS) is 10.6. The Hall–Kier alpha value is -3.88. The minimum Gasteiger partial charge on any atom is -0.497 e. The van der Waals surface area contributed by atoms with Crippen LogP contribution in [-0.2, 0) is 4.79 Å². The van der Waals surface area contributed by atoms with Crippen LogP contribution >= 0.6 is 0 Å². The molecule has 0 fully saturated rings. The largest absolute Gasteiger partial charge is 0.497 e. The maximum Gasteiger partial charge on any atom is 0.312 e. The quantitative estimate of drug-likeness (QED) is 0.184. The number of primary amides is 1. The number of nitrogens with one attached hydrogen (secondary N) is 1. The Morgan fingerprint density at radius 3 is 2.19 bits per heavy atom. The second-order valence-corrected chi connectivity index (χ2v) is 13.8. The molecular weight excluding hydrogens is 474 g/mol. The zero-order valence-corrected chi connectivity index (χ0v) is 22.7. The number of ether oxygens (including phenoxy) is 2. The summed E-state index contributed by atoms with van der Waals surface area (Å²) >= 11 is 0. The lowest BCUT2D eigenvalue weighted by Gasteiger charge is -2.10. The molecule has 2 aromatic carbocycles. The number of aromatic nitrogens is 2. The zero-order chi connectivity index (χ0) is 26.7. The lowest BCUT2D eigenvalue weighted by Crippen LogP contribution is -2.32. The van der Waals surface area contributed by atoms with Gasteiger partial charge in [0.2, 0.25) is 6.08 Å². The third kappa shape index (κ3) is 9.05. The summed E-state index contributed by atoms with van der Waals surface area (Å²) in [6.07, 6.45) is 1.54. The van der Waals surface area contributed by atoms with E-state index >= 15 is 0 Å². The molecule has 0 bridgehead atoms. The predicted molar refractivity (Wildman–Crippen MR) is 144 cm³/mol. The van der Waals surface area contributed by atoms with E-state index in [-0.39, 0.29) is 0 Å². The fourth-order valence-electron chi connectivity index (χ4n) is 3.01. The van der Waals surface area contributed by atoms with E-state index < -0.39 is 14.3 Å². The number of nitrogens with zero attached hydrogens (tertiary/aromatic N) is 3. The van der Waals surface area contributed by atoms with E-state index in [9.17, 15) is 9.59 Å². The molecule has 9 nitrogen and oxygen atoms in total. The maximum absolute atomic E-state index is 10.7. The van der Waals surface area contributed by atoms with Crippen LogP contribution in [0.2, 0.25) is 19.6 Å². The lowest BCUT2D eigenvalue weighted by molar-refractivity contribution is 0.244. The minimum absolute atomic E-state index is 0.314. The Bertz CT molecular complexity index is 1160. The minimum atomic E-state index is -1.46. The Morgan fingerprint density at radius 2 is 1.72 bits per heavy atom. The van der Waals surface area contributed by atoms with Gasteiger partial charge in [-0.1, -0.05) is 13.8 Å². The molecule has 3 N–H and O–H groups in total. The van der Waals surface area contributed by atoms with Gasteiger partial charge in [0.05, 0.1) is 30.7 Å². The van der Waals surface area contributed by atoms with E-state index in [0.717, 1.165) is 34.1 Å². The fraction of sp³-hybridized carbons (Fsp3) is 0.346. The Balaban J connectivity index is 0.000000572. The van der Waals surface area contributed by atoms with Crippen molar-refractivity contribution in [2.75, 3.05) is 20.3 Å². The number of hydrogen-bond acceptors (Lipinski definition) is 6. The number of isocyanates is 1. The summed E-state index contributed by atoms with van der Waals surface area (Å²) in [5, 5.41) is 7.30. The molecule has 0 atom stereocenters. The fourth-order valence-corrected chi connectivity index (χ4v) is 3.28. The highest BCUT2D eigenvalue weighted by atomic mass is 28.3. The number of carbonyl (C=O) groups is 1. The van der Waals surface area contributed by atoms with Gasteiger partial charge in [-0.3, -0.25) is 0 Å². The van der Waals surface area contributed by atoms with Crippen LogP contribution in [-0.4, -0.2) is 50.4 Å². The van der Waals surface area contributed by atoms with Crippen LogP contribution in [0.1, 0.15) is 25.5 Å². The van der Waals surface area contributed by atoms with Gasteiger partial charge in [0.1, 0.15) is 18.1 Å². The molecule has 0 aliphatic carbocycles. The van der Waals surface area contributed by atoms with Gasteiger partial charge < -0.3 is 20.5 Å². The van der Waals surface area contributed by atoms with Crippen LogP contribution in [0.15, 0.2) is 59.3 Å². The summed E-state index contributed by atoms with van der Waals surface area (Å²) < 4.78 is 16.4. The van der Waals surface area contributed by atoms with Crippen LogP contribution in [0.5, 0.6) is 11.5 Å². The molecule has 0 aliphatic heterocycles. The topological polar surface area (TPSA) is 121 Å². The maximum atomic E-state index is 10.7. The van der Waals surface area contributed by atoms with E-state index in [2.05, 4.69) is 29.9 Å². The second kappa shape index (κ2) is 13.3. The molecule has 3 aromatic rings. The molecule has 3 rings (SSSR count). The van der Waals surface area contributed by atoms with Crippen molar-refractivity contribution >= 4 is 20.3 Å². The summed E-state index contributed by atoms with van der Waals surface area (Å²) in [6.45, 7) is 10.9. The molecule has 192 valence electrons. The smallest absolute Gasteiger partial charge is 0.312 e. The highest BCUT2D eigenvalue weighted by Gasteiger charge is 2.14. The first-order chi connectivity index (χ1) is 17.0. The molecule has 0 spiro atoms. The molecule has 0 saturated heterocycles. The van der Waals surface area contributed by atoms with E-state index in [1.165, 1.54) is 0 Å². The average Bonchev–Trinajstić information content (AvgIpc) is 3.28. The second-order valence-electron chi connectivity index (χ2n) is 9.26. The van der Waals surface area contributed by atoms with Crippen LogP contribution in [0, 0.1) is 0 Å². The Labute approximate surface area is 213 Å². The van der Waals surface area contributed by atoms with Gasteiger partial charge in [-0.2, -0.15) is 5.10 Å². The first-order valence-electron chi connectivity index (χ1n) is 11.6. The molecule has 2 amide bonds. The van der Waals surface area contributed by atoms with Gasteiger partial charge in [0.25, 0.3) is 0 Å². The summed E-state index contributed by atoms with van der Waals surface area (Å²) in [5.41, 5.74) is 9.05. The number of urea groups is 1. The van der Waals surface area contributed by atoms with Crippen molar-refractivity contribution in [2.24, 2.45) is 10.4 Å². The van der Waals surface area contributed by atoms with Crippen molar-refractivity contribution < 1.29 is 19.1 Å².